The minimum absolute atomic E-state index is 0.627. The van der Waals surface area contributed by atoms with Gasteiger partial charge in [0.25, 0.3) is 0 Å². The molecule has 0 atom stereocenters. The van der Waals surface area contributed by atoms with E-state index >= 15 is 0 Å². The first-order chi connectivity index (χ1) is 6.81. The van der Waals surface area contributed by atoms with Crippen molar-refractivity contribution in [1.82, 2.24) is 0 Å². The number of fused-ring (bicyclic) bond motifs is 1. The van der Waals surface area contributed by atoms with Crippen LogP contribution in [0.4, 0.5) is 5.69 Å². The molecule has 1 aliphatic rings. The molecule has 0 bridgehead atoms. The van der Waals surface area contributed by atoms with Gasteiger partial charge in [-0.25, -0.2) is 0 Å². The molecule has 14 heavy (non-hydrogen) atoms. The number of hydrogen-bond donors (Lipinski definition) is 0. The van der Waals surface area contributed by atoms with Gasteiger partial charge in [-0.2, -0.15) is 0 Å². The normalized spacial score (nSPS) is 14.2. The van der Waals surface area contributed by atoms with Gasteiger partial charge in [0.2, 0.25) is 0 Å². The number of anilines is 1. The highest BCUT2D eigenvalue weighted by atomic mass is 16.1. The zero-order valence-electron chi connectivity index (χ0n) is 8.49. The van der Waals surface area contributed by atoms with E-state index in [-0.39, 0.29) is 0 Å². The standard InChI is InChI=1S/C12H15NO/c1-13-7-6-11-5-4-10(3-2-8-14)9-12(11)13/h4-5,8-9H,2-3,6-7H2,1H3. The fraction of sp³-hybridized carbons (Fsp3) is 0.417. The smallest absolute Gasteiger partial charge is 0.120 e. The number of carbonyl (C=O) groups excluding carboxylic acids is 1. The molecule has 0 fully saturated rings. The quantitative estimate of drug-likeness (QED) is 0.676. The molecule has 1 aromatic carbocycles. The van der Waals surface area contributed by atoms with Gasteiger partial charge in [0.05, 0.1) is 0 Å². The molecule has 0 aromatic heterocycles. The van der Waals surface area contributed by atoms with Crippen molar-refractivity contribution in [3.63, 3.8) is 0 Å². The van der Waals surface area contributed by atoms with Crippen molar-refractivity contribution in [2.75, 3.05) is 18.5 Å². The van der Waals surface area contributed by atoms with Gasteiger partial charge < -0.3 is 9.69 Å². The molecule has 0 aliphatic carbocycles. The molecule has 2 rings (SSSR count). The van der Waals surface area contributed by atoms with Crippen LogP contribution in [0.3, 0.4) is 0 Å². The highest BCUT2D eigenvalue weighted by Crippen LogP contribution is 2.27. The summed E-state index contributed by atoms with van der Waals surface area (Å²) >= 11 is 0. The van der Waals surface area contributed by atoms with Crippen LogP contribution in [0.25, 0.3) is 0 Å². The van der Waals surface area contributed by atoms with Crippen molar-refractivity contribution in [1.29, 1.82) is 0 Å². The number of likely N-dealkylation sites (N-methyl/N-ethyl adjacent to an activating group) is 1. The molecule has 0 radical (unpaired) electrons. The third-order valence-electron chi connectivity index (χ3n) is 2.83. The molecule has 1 heterocycles. The SMILES string of the molecule is CN1CCc2ccc(CCC=O)cc21. The van der Waals surface area contributed by atoms with E-state index in [1.807, 2.05) is 0 Å². The lowest BCUT2D eigenvalue weighted by Crippen LogP contribution is -2.12. The Bertz CT molecular complexity index is 346. The average Bonchev–Trinajstić information content (AvgIpc) is 2.57. The average molecular weight is 189 g/mol. The molecule has 1 aliphatic heterocycles. The molecule has 0 unspecified atom stereocenters. The molecule has 2 heteroatoms. The van der Waals surface area contributed by atoms with Crippen LogP contribution in [-0.2, 0) is 17.6 Å². The van der Waals surface area contributed by atoms with Crippen molar-refractivity contribution < 1.29 is 4.79 Å². The predicted molar refractivity (Wildman–Crippen MR) is 57.8 cm³/mol. The molecule has 0 spiro atoms. The summed E-state index contributed by atoms with van der Waals surface area (Å²) < 4.78 is 0. The monoisotopic (exact) mass is 189 g/mol. The van der Waals surface area contributed by atoms with Crippen LogP contribution in [0.2, 0.25) is 0 Å². The van der Waals surface area contributed by atoms with E-state index in [4.69, 9.17) is 0 Å². The summed E-state index contributed by atoms with van der Waals surface area (Å²) in [6.45, 7) is 1.12. The third-order valence-corrected chi connectivity index (χ3v) is 2.83. The molecule has 2 nitrogen and oxygen atoms in total. The Balaban J connectivity index is 2.21. The molecule has 0 saturated carbocycles. The molecule has 74 valence electrons. The molecule has 0 saturated heterocycles. The largest absolute Gasteiger partial charge is 0.374 e. The first kappa shape index (κ1) is 9.25. The zero-order chi connectivity index (χ0) is 9.97. The minimum Gasteiger partial charge on any atom is -0.374 e. The van der Waals surface area contributed by atoms with E-state index in [0.717, 1.165) is 25.7 Å². The second kappa shape index (κ2) is 3.82. The van der Waals surface area contributed by atoms with Crippen molar-refractivity contribution in [3.05, 3.63) is 29.3 Å². The molecular weight excluding hydrogens is 174 g/mol. The number of rotatable bonds is 3. The molecule has 0 amide bonds. The fourth-order valence-electron chi connectivity index (χ4n) is 1.97. The number of hydrogen-bond acceptors (Lipinski definition) is 2. The van der Waals surface area contributed by atoms with Crippen molar-refractivity contribution in [3.8, 4) is 0 Å². The number of nitrogens with zero attached hydrogens (tertiary/aromatic N) is 1. The van der Waals surface area contributed by atoms with Gasteiger partial charge in [-0.05, 0) is 30.0 Å². The number of carbonyl (C=O) groups is 1. The summed E-state index contributed by atoms with van der Waals surface area (Å²) in [4.78, 5) is 12.5. The first-order valence-corrected chi connectivity index (χ1v) is 5.08. The van der Waals surface area contributed by atoms with E-state index in [1.165, 1.54) is 16.8 Å². The van der Waals surface area contributed by atoms with Crippen molar-refractivity contribution in [2.24, 2.45) is 0 Å². The fourth-order valence-corrected chi connectivity index (χ4v) is 1.97. The van der Waals surface area contributed by atoms with E-state index in [9.17, 15) is 4.79 Å². The first-order valence-electron chi connectivity index (χ1n) is 5.08. The van der Waals surface area contributed by atoms with Crippen LogP contribution in [0.1, 0.15) is 17.5 Å². The van der Waals surface area contributed by atoms with Crippen LogP contribution in [0.15, 0.2) is 18.2 Å². The predicted octanol–water partition coefficient (Wildman–Crippen LogP) is 1.81. The molecule has 1 aromatic rings. The highest BCUT2D eigenvalue weighted by Gasteiger charge is 2.15. The summed E-state index contributed by atoms with van der Waals surface area (Å²) in [5.41, 5.74) is 4.04. The summed E-state index contributed by atoms with van der Waals surface area (Å²) in [5.74, 6) is 0. The van der Waals surface area contributed by atoms with Crippen LogP contribution in [0.5, 0.6) is 0 Å². The second-order valence-corrected chi connectivity index (χ2v) is 3.84. The zero-order valence-corrected chi connectivity index (χ0v) is 8.49. The van der Waals surface area contributed by atoms with Gasteiger partial charge in [0.15, 0.2) is 0 Å². The minimum atomic E-state index is 0.627. The maximum absolute atomic E-state index is 10.3. The Morgan fingerprint density at radius 3 is 3.14 bits per heavy atom. The van der Waals surface area contributed by atoms with Crippen LogP contribution in [-0.4, -0.2) is 19.9 Å². The van der Waals surface area contributed by atoms with E-state index in [0.29, 0.717) is 6.42 Å². The Morgan fingerprint density at radius 1 is 1.50 bits per heavy atom. The topological polar surface area (TPSA) is 20.3 Å². The summed E-state index contributed by atoms with van der Waals surface area (Å²) in [5, 5.41) is 0. The number of aldehydes is 1. The molecule has 0 N–H and O–H groups in total. The maximum Gasteiger partial charge on any atom is 0.120 e. The van der Waals surface area contributed by atoms with Crippen LogP contribution >= 0.6 is 0 Å². The lowest BCUT2D eigenvalue weighted by atomic mass is 10.1. The number of aryl methyl sites for hydroxylation is 1. The van der Waals surface area contributed by atoms with Gasteiger partial charge in [0, 0.05) is 25.7 Å². The second-order valence-electron chi connectivity index (χ2n) is 3.84. The Labute approximate surface area is 84.5 Å². The van der Waals surface area contributed by atoms with Gasteiger partial charge in [-0.1, -0.05) is 12.1 Å². The summed E-state index contributed by atoms with van der Waals surface area (Å²) in [6, 6.07) is 6.55. The maximum atomic E-state index is 10.3. The van der Waals surface area contributed by atoms with Crippen LogP contribution < -0.4 is 4.90 Å². The highest BCUT2D eigenvalue weighted by molar-refractivity contribution is 5.59. The Hall–Kier alpha value is -1.31. The van der Waals surface area contributed by atoms with Gasteiger partial charge in [-0.15, -0.1) is 0 Å². The van der Waals surface area contributed by atoms with E-state index in [1.54, 1.807) is 0 Å². The van der Waals surface area contributed by atoms with Crippen LogP contribution in [0, 0.1) is 0 Å². The third kappa shape index (κ3) is 1.65. The lowest BCUT2D eigenvalue weighted by molar-refractivity contribution is -0.107. The van der Waals surface area contributed by atoms with E-state index in [2.05, 4.69) is 30.1 Å². The lowest BCUT2D eigenvalue weighted by Gasteiger charge is -2.12. The Kier molecular flexibility index (Phi) is 2.53. The van der Waals surface area contributed by atoms with Crippen molar-refractivity contribution >= 4 is 12.0 Å². The van der Waals surface area contributed by atoms with Crippen molar-refractivity contribution in [2.45, 2.75) is 19.3 Å². The van der Waals surface area contributed by atoms with Gasteiger partial charge in [0.1, 0.15) is 6.29 Å². The summed E-state index contributed by atoms with van der Waals surface area (Å²) in [6.07, 6.45) is 3.63. The summed E-state index contributed by atoms with van der Waals surface area (Å²) in [7, 11) is 2.12. The number of benzene rings is 1. The van der Waals surface area contributed by atoms with Gasteiger partial charge in [-0.3, -0.25) is 0 Å². The van der Waals surface area contributed by atoms with E-state index < -0.39 is 0 Å². The Morgan fingerprint density at radius 2 is 2.36 bits per heavy atom. The molecular formula is C12H15NO. The van der Waals surface area contributed by atoms with Gasteiger partial charge >= 0.3 is 0 Å².